The summed E-state index contributed by atoms with van der Waals surface area (Å²) < 4.78 is 0. The van der Waals surface area contributed by atoms with E-state index in [2.05, 4.69) is 0 Å². The van der Waals surface area contributed by atoms with Crippen molar-refractivity contribution in [3.05, 3.63) is 76.9 Å². The molecule has 122 valence electrons. The second-order valence-electron chi connectivity index (χ2n) is 6.83. The molecule has 4 heteroatoms. The molecule has 0 N–H and O–H groups in total. The molecule has 0 saturated heterocycles. The molecule has 0 radical (unpaired) electrons. The van der Waals surface area contributed by atoms with Crippen LogP contribution in [0.5, 0.6) is 0 Å². The fraction of sp³-hybridized carbons (Fsp3) is 0.190. The lowest BCUT2D eigenvalue weighted by atomic mass is 9.77. The van der Waals surface area contributed by atoms with Crippen LogP contribution in [0.1, 0.15) is 50.7 Å². The number of fused-ring (bicyclic) bond motifs is 4. The average molecular weight is 329 g/mol. The van der Waals surface area contributed by atoms with Crippen LogP contribution in [-0.4, -0.2) is 22.5 Å². The van der Waals surface area contributed by atoms with Crippen molar-refractivity contribution in [3.8, 4) is 0 Å². The van der Waals surface area contributed by atoms with Gasteiger partial charge in [-0.25, -0.2) is 0 Å². The predicted molar refractivity (Wildman–Crippen MR) is 91.8 cm³/mol. The first kappa shape index (κ1) is 14.3. The third-order valence-electron chi connectivity index (χ3n) is 5.48. The molecule has 2 aliphatic carbocycles. The van der Waals surface area contributed by atoms with Crippen LogP contribution in [0.15, 0.2) is 54.6 Å². The van der Waals surface area contributed by atoms with E-state index in [4.69, 9.17) is 0 Å². The highest BCUT2D eigenvalue weighted by Gasteiger charge is 2.45. The van der Waals surface area contributed by atoms with E-state index in [1.54, 1.807) is 30.3 Å². The van der Waals surface area contributed by atoms with Crippen molar-refractivity contribution in [1.29, 1.82) is 0 Å². The van der Waals surface area contributed by atoms with Gasteiger partial charge >= 0.3 is 0 Å². The molecular weight excluding hydrogens is 314 g/mol. The van der Waals surface area contributed by atoms with Gasteiger partial charge in [-0.3, -0.25) is 19.3 Å². The number of carbonyl (C=O) groups is 3. The Labute approximate surface area is 144 Å². The summed E-state index contributed by atoms with van der Waals surface area (Å²) in [6.45, 7) is 0. The maximum Gasteiger partial charge on any atom is 0.262 e. The van der Waals surface area contributed by atoms with Crippen LogP contribution in [0, 0.1) is 5.92 Å². The van der Waals surface area contributed by atoms with Crippen molar-refractivity contribution < 1.29 is 14.4 Å². The van der Waals surface area contributed by atoms with Gasteiger partial charge in [-0.05, 0) is 47.2 Å². The Morgan fingerprint density at radius 2 is 1.40 bits per heavy atom. The lowest BCUT2D eigenvalue weighted by Gasteiger charge is -2.35. The zero-order chi connectivity index (χ0) is 17.1. The van der Waals surface area contributed by atoms with Crippen molar-refractivity contribution in [1.82, 2.24) is 4.90 Å². The maximum atomic E-state index is 12.9. The first-order chi connectivity index (χ1) is 12.1. The minimum Gasteiger partial charge on any atom is -0.295 e. The van der Waals surface area contributed by atoms with Gasteiger partial charge in [-0.15, -0.1) is 0 Å². The maximum absolute atomic E-state index is 12.9. The second kappa shape index (κ2) is 4.99. The molecule has 4 nitrogen and oxygen atoms in total. The van der Waals surface area contributed by atoms with Crippen molar-refractivity contribution in [2.75, 3.05) is 0 Å². The van der Waals surface area contributed by atoms with E-state index >= 15 is 0 Å². The van der Waals surface area contributed by atoms with Gasteiger partial charge in [0.25, 0.3) is 11.8 Å². The van der Waals surface area contributed by atoms with Gasteiger partial charge in [0.2, 0.25) is 0 Å². The van der Waals surface area contributed by atoms with Gasteiger partial charge in [0.15, 0.2) is 5.78 Å². The summed E-state index contributed by atoms with van der Waals surface area (Å²) in [4.78, 5) is 39.1. The SMILES string of the molecule is O=C1C=C2c3ccccc3[C@H](N3C(=O)c4ccccc4C3=O)C[C@H]2C1. The Bertz CT molecular complexity index is 953. The number of nitrogens with zero attached hydrogens (tertiary/aromatic N) is 1. The molecule has 0 fully saturated rings. The van der Waals surface area contributed by atoms with Crippen LogP contribution < -0.4 is 0 Å². The fourth-order valence-corrected chi connectivity index (χ4v) is 4.39. The second-order valence-corrected chi connectivity index (χ2v) is 6.83. The molecule has 2 aromatic carbocycles. The van der Waals surface area contributed by atoms with Crippen LogP contribution in [0.4, 0.5) is 0 Å². The molecule has 0 unspecified atom stereocenters. The van der Waals surface area contributed by atoms with Gasteiger partial charge in [-0.2, -0.15) is 0 Å². The molecule has 2 atom stereocenters. The summed E-state index contributed by atoms with van der Waals surface area (Å²) in [5, 5.41) is 0. The van der Waals surface area contributed by atoms with E-state index in [1.165, 1.54) is 4.90 Å². The summed E-state index contributed by atoms with van der Waals surface area (Å²) in [6, 6.07) is 14.4. The third-order valence-corrected chi connectivity index (χ3v) is 5.48. The topological polar surface area (TPSA) is 54.5 Å². The Morgan fingerprint density at radius 1 is 0.800 bits per heavy atom. The van der Waals surface area contributed by atoms with Crippen LogP contribution in [0.25, 0.3) is 5.57 Å². The molecule has 0 aromatic heterocycles. The summed E-state index contributed by atoms with van der Waals surface area (Å²) in [5.41, 5.74) is 3.93. The average Bonchev–Trinajstić information content (AvgIpc) is 3.12. The first-order valence-electron chi connectivity index (χ1n) is 8.46. The van der Waals surface area contributed by atoms with Gasteiger partial charge < -0.3 is 0 Å². The quantitative estimate of drug-likeness (QED) is 0.754. The summed E-state index contributed by atoms with van der Waals surface area (Å²) in [6.07, 6.45) is 2.80. The molecule has 0 bridgehead atoms. The number of rotatable bonds is 1. The zero-order valence-electron chi connectivity index (χ0n) is 13.4. The van der Waals surface area contributed by atoms with E-state index in [9.17, 15) is 14.4 Å². The highest BCUT2D eigenvalue weighted by Crippen LogP contribution is 2.48. The van der Waals surface area contributed by atoms with Gasteiger partial charge in [0, 0.05) is 6.42 Å². The molecule has 2 aromatic rings. The van der Waals surface area contributed by atoms with Gasteiger partial charge in [-0.1, -0.05) is 36.4 Å². The highest BCUT2D eigenvalue weighted by molar-refractivity contribution is 6.21. The fourth-order valence-electron chi connectivity index (χ4n) is 4.39. The van der Waals surface area contributed by atoms with E-state index in [0.717, 1.165) is 16.7 Å². The number of hydrogen-bond acceptors (Lipinski definition) is 3. The Kier molecular flexibility index (Phi) is 2.86. The Hall–Kier alpha value is -3.01. The number of ketones is 1. The van der Waals surface area contributed by atoms with E-state index in [0.29, 0.717) is 24.0 Å². The molecule has 3 aliphatic rings. The Morgan fingerprint density at radius 3 is 2.08 bits per heavy atom. The predicted octanol–water partition coefficient (Wildman–Crippen LogP) is 3.40. The number of carbonyl (C=O) groups excluding carboxylic acids is 3. The molecular formula is C21H15NO3. The number of imide groups is 1. The third kappa shape index (κ3) is 1.91. The molecule has 2 amide bonds. The standard InChI is InChI=1S/C21H15NO3/c23-13-9-12-10-19(15-6-2-1-5-14(15)18(12)11-13)22-20(24)16-7-3-4-8-17(16)21(22)25/h1-8,11-12,19H,9-10H2/t12-,19-/m1/s1. The highest BCUT2D eigenvalue weighted by atomic mass is 16.2. The van der Waals surface area contributed by atoms with Crippen LogP contribution >= 0.6 is 0 Å². The molecule has 1 heterocycles. The smallest absolute Gasteiger partial charge is 0.262 e. The molecule has 0 spiro atoms. The molecule has 0 saturated carbocycles. The van der Waals surface area contributed by atoms with Crippen LogP contribution in [0.3, 0.4) is 0 Å². The number of hydrogen-bond donors (Lipinski definition) is 0. The lowest BCUT2D eigenvalue weighted by molar-refractivity contribution is -0.114. The van der Waals surface area contributed by atoms with Crippen molar-refractivity contribution in [2.45, 2.75) is 18.9 Å². The van der Waals surface area contributed by atoms with Crippen molar-refractivity contribution >= 4 is 23.2 Å². The van der Waals surface area contributed by atoms with E-state index in [-0.39, 0.29) is 29.6 Å². The molecule has 1 aliphatic heterocycles. The summed E-state index contributed by atoms with van der Waals surface area (Å²) in [5.74, 6) is -0.274. The lowest BCUT2D eigenvalue weighted by Crippen LogP contribution is -2.37. The molecule has 25 heavy (non-hydrogen) atoms. The summed E-state index contributed by atoms with van der Waals surface area (Å²) >= 11 is 0. The zero-order valence-corrected chi connectivity index (χ0v) is 13.4. The number of amides is 2. The van der Waals surface area contributed by atoms with Crippen LogP contribution in [0.2, 0.25) is 0 Å². The van der Waals surface area contributed by atoms with Gasteiger partial charge in [0.1, 0.15) is 0 Å². The normalized spacial score (nSPS) is 24.1. The van der Waals surface area contributed by atoms with E-state index in [1.807, 2.05) is 24.3 Å². The van der Waals surface area contributed by atoms with E-state index < -0.39 is 0 Å². The summed E-state index contributed by atoms with van der Waals surface area (Å²) in [7, 11) is 0. The van der Waals surface area contributed by atoms with Gasteiger partial charge in [0.05, 0.1) is 17.2 Å². The van der Waals surface area contributed by atoms with Crippen molar-refractivity contribution in [3.63, 3.8) is 0 Å². The van der Waals surface area contributed by atoms with Crippen LogP contribution in [-0.2, 0) is 4.79 Å². The Balaban J connectivity index is 1.64. The largest absolute Gasteiger partial charge is 0.295 e. The number of benzene rings is 2. The minimum absolute atomic E-state index is 0.0803. The monoisotopic (exact) mass is 329 g/mol. The first-order valence-corrected chi connectivity index (χ1v) is 8.46. The number of allylic oxidation sites excluding steroid dienone is 2. The molecule has 5 rings (SSSR count). The minimum atomic E-state index is -0.323. The van der Waals surface area contributed by atoms with Crippen molar-refractivity contribution in [2.24, 2.45) is 5.92 Å².